The van der Waals surface area contributed by atoms with Crippen molar-refractivity contribution in [3.05, 3.63) is 65.2 Å². The lowest BCUT2D eigenvalue weighted by atomic mass is 9.97. The number of allylic oxidation sites excluding steroid dienone is 1. The highest BCUT2D eigenvalue weighted by atomic mass is 16.5. The molecule has 0 atom stereocenters. The largest absolute Gasteiger partial charge is 0.497 e. The zero-order valence-electron chi connectivity index (χ0n) is 15.0. The monoisotopic (exact) mass is 337 g/mol. The summed E-state index contributed by atoms with van der Waals surface area (Å²) in [6, 6.07) is 14.4. The number of rotatable bonds is 6. The number of methoxy groups -OCH3 is 1. The number of hydrogen-bond acceptors (Lipinski definition) is 3. The molecule has 0 saturated heterocycles. The van der Waals surface area contributed by atoms with E-state index in [9.17, 15) is 9.59 Å². The maximum absolute atomic E-state index is 12.3. The summed E-state index contributed by atoms with van der Waals surface area (Å²) >= 11 is 0. The van der Waals surface area contributed by atoms with Crippen LogP contribution in [0.4, 0.5) is 5.69 Å². The Labute approximate surface area is 148 Å². The minimum atomic E-state index is -0.195. The standard InChI is InChI=1S/C21H23NO3/c1-14(2)20(15(3)23)13-16-6-5-7-18(12-16)22-21(24)17-8-10-19(25-4)11-9-17/h5-14H,1-4H3,(H,22,24)/b20-13+. The minimum Gasteiger partial charge on any atom is -0.497 e. The van der Waals surface area contributed by atoms with Crippen molar-refractivity contribution in [1.29, 1.82) is 0 Å². The first-order chi connectivity index (χ1) is 11.9. The van der Waals surface area contributed by atoms with E-state index in [0.717, 1.165) is 11.1 Å². The first-order valence-electron chi connectivity index (χ1n) is 8.18. The van der Waals surface area contributed by atoms with E-state index in [-0.39, 0.29) is 17.6 Å². The van der Waals surface area contributed by atoms with Gasteiger partial charge in [0.15, 0.2) is 5.78 Å². The Morgan fingerprint density at radius 3 is 2.32 bits per heavy atom. The summed E-state index contributed by atoms with van der Waals surface area (Å²) in [5.74, 6) is 0.714. The number of anilines is 1. The molecule has 1 amide bonds. The van der Waals surface area contributed by atoms with Crippen LogP contribution in [0.1, 0.15) is 36.7 Å². The number of amides is 1. The van der Waals surface area contributed by atoms with Crippen molar-refractivity contribution in [2.45, 2.75) is 20.8 Å². The molecule has 2 aromatic carbocycles. The lowest BCUT2D eigenvalue weighted by Gasteiger charge is -2.09. The molecule has 2 rings (SSSR count). The molecule has 0 radical (unpaired) electrons. The summed E-state index contributed by atoms with van der Waals surface area (Å²) in [4.78, 5) is 24.1. The van der Waals surface area contributed by atoms with E-state index in [1.807, 2.05) is 44.2 Å². The van der Waals surface area contributed by atoms with Gasteiger partial charge in [0, 0.05) is 11.3 Å². The summed E-state index contributed by atoms with van der Waals surface area (Å²) in [5, 5.41) is 2.87. The van der Waals surface area contributed by atoms with Crippen LogP contribution in [0.15, 0.2) is 54.1 Å². The van der Waals surface area contributed by atoms with Gasteiger partial charge in [-0.05, 0) is 66.5 Å². The van der Waals surface area contributed by atoms with Crippen LogP contribution in [-0.4, -0.2) is 18.8 Å². The van der Waals surface area contributed by atoms with E-state index in [1.54, 1.807) is 38.3 Å². The lowest BCUT2D eigenvalue weighted by Crippen LogP contribution is -2.11. The van der Waals surface area contributed by atoms with Gasteiger partial charge in [-0.25, -0.2) is 0 Å². The molecule has 4 heteroatoms. The number of Topliss-reactive ketones (excluding diaryl/α,β-unsaturated/α-hetero) is 1. The Hall–Kier alpha value is -2.88. The molecule has 0 aliphatic heterocycles. The molecule has 0 spiro atoms. The Morgan fingerprint density at radius 2 is 1.76 bits per heavy atom. The number of ketones is 1. The van der Waals surface area contributed by atoms with Crippen molar-refractivity contribution in [2.24, 2.45) is 5.92 Å². The van der Waals surface area contributed by atoms with Crippen molar-refractivity contribution in [3.63, 3.8) is 0 Å². The molecule has 2 aromatic rings. The van der Waals surface area contributed by atoms with Crippen LogP contribution < -0.4 is 10.1 Å². The summed E-state index contributed by atoms with van der Waals surface area (Å²) in [5.41, 5.74) is 2.87. The number of carbonyl (C=O) groups excluding carboxylic acids is 2. The third-order valence-corrected chi connectivity index (χ3v) is 3.85. The van der Waals surface area contributed by atoms with Gasteiger partial charge >= 0.3 is 0 Å². The molecule has 0 aliphatic carbocycles. The predicted octanol–water partition coefficient (Wildman–Crippen LogP) is 4.58. The topological polar surface area (TPSA) is 55.4 Å². The van der Waals surface area contributed by atoms with E-state index in [1.165, 1.54) is 0 Å². The van der Waals surface area contributed by atoms with Crippen LogP contribution in [0, 0.1) is 5.92 Å². The first-order valence-corrected chi connectivity index (χ1v) is 8.18. The molecule has 0 aliphatic rings. The van der Waals surface area contributed by atoms with Crippen LogP contribution in [-0.2, 0) is 4.79 Å². The highest BCUT2D eigenvalue weighted by Gasteiger charge is 2.10. The average Bonchev–Trinajstić information content (AvgIpc) is 2.59. The maximum Gasteiger partial charge on any atom is 0.255 e. The van der Waals surface area contributed by atoms with E-state index >= 15 is 0 Å². The zero-order valence-corrected chi connectivity index (χ0v) is 15.0. The smallest absolute Gasteiger partial charge is 0.255 e. The second kappa shape index (κ2) is 8.29. The fourth-order valence-electron chi connectivity index (χ4n) is 2.51. The molecular weight excluding hydrogens is 314 g/mol. The molecule has 0 aromatic heterocycles. The number of benzene rings is 2. The molecule has 0 unspecified atom stereocenters. The number of carbonyl (C=O) groups is 2. The molecule has 25 heavy (non-hydrogen) atoms. The Balaban J connectivity index is 2.19. The third-order valence-electron chi connectivity index (χ3n) is 3.85. The Kier molecular flexibility index (Phi) is 6.12. The van der Waals surface area contributed by atoms with Crippen molar-refractivity contribution in [3.8, 4) is 5.75 Å². The predicted molar refractivity (Wildman–Crippen MR) is 101 cm³/mol. The zero-order chi connectivity index (χ0) is 18.4. The highest BCUT2D eigenvalue weighted by molar-refractivity contribution is 6.04. The molecule has 0 saturated carbocycles. The minimum absolute atomic E-state index is 0.0580. The van der Waals surface area contributed by atoms with Crippen molar-refractivity contribution < 1.29 is 14.3 Å². The van der Waals surface area contributed by atoms with Gasteiger partial charge in [-0.2, -0.15) is 0 Å². The summed E-state index contributed by atoms with van der Waals surface area (Å²) in [6.07, 6.45) is 1.87. The second-order valence-corrected chi connectivity index (χ2v) is 6.12. The third kappa shape index (κ3) is 5.05. The molecule has 0 fully saturated rings. The first kappa shape index (κ1) is 18.5. The van der Waals surface area contributed by atoms with Crippen molar-refractivity contribution in [1.82, 2.24) is 0 Å². The molecule has 0 heterocycles. The van der Waals surface area contributed by atoms with Crippen LogP contribution >= 0.6 is 0 Å². The fourth-order valence-corrected chi connectivity index (χ4v) is 2.51. The van der Waals surface area contributed by atoms with E-state index in [0.29, 0.717) is 17.0 Å². The SMILES string of the molecule is COc1ccc(C(=O)Nc2cccc(/C=C(/C(C)=O)C(C)C)c2)cc1. The summed E-state index contributed by atoms with van der Waals surface area (Å²) < 4.78 is 5.09. The average molecular weight is 337 g/mol. The molecule has 4 nitrogen and oxygen atoms in total. The molecule has 130 valence electrons. The number of nitrogens with one attached hydrogen (secondary N) is 1. The van der Waals surface area contributed by atoms with Gasteiger partial charge in [0.1, 0.15) is 5.75 Å². The summed E-state index contributed by atoms with van der Waals surface area (Å²) in [7, 11) is 1.58. The molecular formula is C21H23NO3. The van der Waals surface area contributed by atoms with E-state index in [4.69, 9.17) is 4.74 Å². The Morgan fingerprint density at radius 1 is 1.08 bits per heavy atom. The van der Waals surface area contributed by atoms with Gasteiger partial charge in [0.2, 0.25) is 0 Å². The normalized spacial score (nSPS) is 11.3. The summed E-state index contributed by atoms with van der Waals surface area (Å²) in [6.45, 7) is 5.55. The van der Waals surface area contributed by atoms with E-state index in [2.05, 4.69) is 5.32 Å². The van der Waals surface area contributed by atoms with Gasteiger partial charge in [-0.3, -0.25) is 9.59 Å². The van der Waals surface area contributed by atoms with Gasteiger partial charge in [0.05, 0.1) is 7.11 Å². The van der Waals surface area contributed by atoms with Gasteiger partial charge in [0.25, 0.3) is 5.91 Å². The quantitative estimate of drug-likeness (QED) is 0.785. The number of ether oxygens (including phenoxy) is 1. The fraction of sp³-hybridized carbons (Fsp3) is 0.238. The van der Waals surface area contributed by atoms with E-state index < -0.39 is 0 Å². The lowest BCUT2D eigenvalue weighted by molar-refractivity contribution is -0.113. The molecule has 0 bridgehead atoms. The highest BCUT2D eigenvalue weighted by Crippen LogP contribution is 2.19. The van der Waals surface area contributed by atoms with Crippen molar-refractivity contribution in [2.75, 3.05) is 12.4 Å². The number of hydrogen-bond donors (Lipinski definition) is 1. The van der Waals surface area contributed by atoms with Crippen LogP contribution in [0.3, 0.4) is 0 Å². The van der Waals surface area contributed by atoms with Crippen LogP contribution in [0.5, 0.6) is 5.75 Å². The van der Waals surface area contributed by atoms with Gasteiger partial charge < -0.3 is 10.1 Å². The van der Waals surface area contributed by atoms with Crippen LogP contribution in [0.25, 0.3) is 6.08 Å². The Bertz CT molecular complexity index is 789. The van der Waals surface area contributed by atoms with Crippen LogP contribution in [0.2, 0.25) is 0 Å². The molecule has 1 N–H and O–H groups in total. The van der Waals surface area contributed by atoms with Gasteiger partial charge in [-0.1, -0.05) is 26.0 Å². The van der Waals surface area contributed by atoms with Crippen molar-refractivity contribution >= 4 is 23.5 Å². The second-order valence-electron chi connectivity index (χ2n) is 6.12. The van der Waals surface area contributed by atoms with Gasteiger partial charge in [-0.15, -0.1) is 0 Å². The maximum atomic E-state index is 12.3.